The van der Waals surface area contributed by atoms with E-state index in [1.165, 1.54) is 47.2 Å². The number of hydrogen-bond donors (Lipinski definition) is 1. The Labute approximate surface area is 171 Å². The molecule has 0 aliphatic heterocycles. The van der Waals surface area contributed by atoms with Crippen molar-refractivity contribution in [3.8, 4) is 16.4 Å². The highest BCUT2D eigenvalue weighted by Crippen LogP contribution is 2.26. The predicted octanol–water partition coefficient (Wildman–Crippen LogP) is 3.45. The van der Waals surface area contributed by atoms with E-state index in [-0.39, 0.29) is 23.5 Å². The van der Waals surface area contributed by atoms with Crippen molar-refractivity contribution >= 4 is 23.2 Å². The second-order valence-corrected chi connectivity index (χ2v) is 7.76. The lowest BCUT2D eigenvalue weighted by molar-refractivity contribution is -0.129. The van der Waals surface area contributed by atoms with E-state index >= 15 is 0 Å². The maximum absolute atomic E-state index is 13.3. The third-order valence-electron chi connectivity index (χ3n) is 3.94. The lowest BCUT2D eigenvalue weighted by atomic mass is 10.2. The van der Waals surface area contributed by atoms with E-state index in [0.29, 0.717) is 18.1 Å². The van der Waals surface area contributed by atoms with Crippen LogP contribution in [-0.4, -0.2) is 39.3 Å². The Hall–Kier alpha value is -3.07. The maximum Gasteiger partial charge on any atom is 0.379 e. The van der Waals surface area contributed by atoms with Gasteiger partial charge in [0.25, 0.3) is 11.7 Å². The minimum atomic E-state index is -0.982. The first-order valence-electron chi connectivity index (χ1n) is 9.10. The second-order valence-electron chi connectivity index (χ2n) is 6.81. The molecule has 0 aliphatic rings. The quantitative estimate of drug-likeness (QED) is 0.596. The molecule has 2 heterocycles. The van der Waals surface area contributed by atoms with Crippen LogP contribution in [0.15, 0.2) is 41.8 Å². The Balaban J connectivity index is 1.84. The van der Waals surface area contributed by atoms with Gasteiger partial charge in [0.2, 0.25) is 0 Å². The molecule has 2 aromatic heterocycles. The van der Waals surface area contributed by atoms with Crippen LogP contribution in [0.25, 0.3) is 16.4 Å². The van der Waals surface area contributed by atoms with Gasteiger partial charge in [-0.15, -0.1) is 16.4 Å². The van der Waals surface area contributed by atoms with Crippen molar-refractivity contribution in [1.82, 2.24) is 20.1 Å². The number of halogens is 1. The van der Waals surface area contributed by atoms with E-state index in [0.717, 1.165) is 4.88 Å². The highest BCUT2D eigenvalue weighted by atomic mass is 32.1. The fraction of sp³-hybridized carbons (Fsp3) is 0.300. The van der Waals surface area contributed by atoms with Crippen LogP contribution >= 0.6 is 11.3 Å². The number of rotatable bonds is 7. The predicted molar refractivity (Wildman–Crippen MR) is 107 cm³/mol. The van der Waals surface area contributed by atoms with Gasteiger partial charge >= 0.3 is 5.97 Å². The number of carbonyl (C=O) groups is 2. The number of nitrogens with zero attached hydrogens (tertiary/aromatic N) is 3. The van der Waals surface area contributed by atoms with Gasteiger partial charge < -0.3 is 10.1 Å². The zero-order valence-electron chi connectivity index (χ0n) is 16.3. The lowest BCUT2D eigenvalue weighted by Crippen LogP contribution is -2.37. The van der Waals surface area contributed by atoms with Gasteiger partial charge in [-0.05, 0) is 48.6 Å². The van der Waals surface area contributed by atoms with Gasteiger partial charge in [-0.2, -0.15) is 4.98 Å². The lowest BCUT2D eigenvalue weighted by Gasteiger charge is -2.13. The number of esters is 1. The van der Waals surface area contributed by atoms with Crippen molar-refractivity contribution in [3.63, 3.8) is 0 Å². The summed E-state index contributed by atoms with van der Waals surface area (Å²) in [6, 6.07) is 9.37. The van der Waals surface area contributed by atoms with Crippen LogP contribution < -0.4 is 5.32 Å². The number of ether oxygens (including phenoxy) is 1. The molecular weight excluding hydrogens is 395 g/mol. The summed E-state index contributed by atoms with van der Waals surface area (Å²) in [5.74, 6) is -1.05. The molecule has 29 heavy (non-hydrogen) atoms. The molecule has 152 valence electrons. The molecule has 1 N–H and O–H groups in total. The van der Waals surface area contributed by atoms with Crippen molar-refractivity contribution in [3.05, 3.63) is 53.4 Å². The van der Waals surface area contributed by atoms with Crippen LogP contribution in [-0.2, 0) is 9.53 Å². The molecular formula is C20H21FN4O3S. The molecule has 0 spiro atoms. The van der Waals surface area contributed by atoms with Gasteiger partial charge in [-0.3, -0.25) is 4.79 Å². The summed E-state index contributed by atoms with van der Waals surface area (Å²) in [5, 5.41) is 8.82. The smallest absolute Gasteiger partial charge is 0.379 e. The molecule has 3 rings (SSSR count). The van der Waals surface area contributed by atoms with E-state index in [4.69, 9.17) is 4.74 Å². The first-order chi connectivity index (χ1) is 13.8. The number of amides is 1. The number of carbonyl (C=O) groups excluding carboxylic acids is 2. The van der Waals surface area contributed by atoms with E-state index in [2.05, 4.69) is 15.4 Å². The Morgan fingerprint density at radius 1 is 1.21 bits per heavy atom. The molecule has 1 aromatic carbocycles. The van der Waals surface area contributed by atoms with Gasteiger partial charge in [0.15, 0.2) is 11.9 Å². The molecule has 0 saturated carbocycles. The fourth-order valence-electron chi connectivity index (χ4n) is 2.44. The third kappa shape index (κ3) is 5.05. The second kappa shape index (κ2) is 8.95. The largest absolute Gasteiger partial charge is 0.447 e. The number of thiophene rings is 1. The van der Waals surface area contributed by atoms with Gasteiger partial charge in [0, 0.05) is 6.54 Å². The van der Waals surface area contributed by atoms with Crippen LogP contribution in [0, 0.1) is 11.7 Å². The standard InChI is InChI=1S/C20H21FN4O3S/c1-12(2)11-22-19(26)13(3)28-20(27)17-23-18(16-5-4-10-29-16)25(24-17)15-8-6-14(21)7-9-15/h4-10,12-13H,11H2,1-3H3,(H,22,26). The van der Waals surface area contributed by atoms with Crippen LogP contribution in [0.4, 0.5) is 4.39 Å². The molecule has 7 nitrogen and oxygen atoms in total. The number of hydrogen-bond acceptors (Lipinski definition) is 6. The number of benzene rings is 1. The highest BCUT2D eigenvalue weighted by molar-refractivity contribution is 7.13. The van der Waals surface area contributed by atoms with Crippen molar-refractivity contribution in [2.75, 3.05) is 6.54 Å². The molecule has 0 bridgehead atoms. The van der Waals surface area contributed by atoms with Crippen molar-refractivity contribution < 1.29 is 18.7 Å². The van der Waals surface area contributed by atoms with Gasteiger partial charge in [-0.25, -0.2) is 13.9 Å². The molecule has 1 unspecified atom stereocenters. The Morgan fingerprint density at radius 3 is 2.55 bits per heavy atom. The summed E-state index contributed by atoms with van der Waals surface area (Å²) in [6.45, 7) is 5.91. The summed E-state index contributed by atoms with van der Waals surface area (Å²) in [4.78, 5) is 29.7. The van der Waals surface area contributed by atoms with Crippen LogP contribution in [0.3, 0.4) is 0 Å². The first kappa shape index (κ1) is 20.7. The molecule has 1 atom stereocenters. The fourth-order valence-corrected chi connectivity index (χ4v) is 3.14. The number of nitrogens with one attached hydrogen (secondary N) is 1. The van der Waals surface area contributed by atoms with Crippen molar-refractivity contribution in [2.45, 2.75) is 26.9 Å². The Kier molecular flexibility index (Phi) is 6.38. The van der Waals surface area contributed by atoms with Crippen LogP contribution in [0.1, 0.15) is 31.4 Å². The molecule has 1 amide bonds. The number of aromatic nitrogens is 3. The molecule has 0 radical (unpaired) electrons. The summed E-state index contributed by atoms with van der Waals surface area (Å²) in [6.07, 6.45) is -0.982. The summed E-state index contributed by atoms with van der Waals surface area (Å²) in [5.41, 5.74) is 0.545. The molecule has 3 aromatic rings. The molecule has 0 aliphatic carbocycles. The van der Waals surface area contributed by atoms with E-state index in [1.807, 2.05) is 31.4 Å². The SMILES string of the molecule is CC(C)CNC(=O)C(C)OC(=O)c1nc(-c2cccs2)n(-c2ccc(F)cc2)n1. The Bertz CT molecular complexity index is 984. The summed E-state index contributed by atoms with van der Waals surface area (Å²) < 4.78 is 20.0. The molecule has 0 fully saturated rings. The molecule has 0 saturated heterocycles. The monoisotopic (exact) mass is 416 g/mol. The topological polar surface area (TPSA) is 86.1 Å². The zero-order valence-corrected chi connectivity index (χ0v) is 17.1. The van der Waals surface area contributed by atoms with E-state index < -0.39 is 12.1 Å². The van der Waals surface area contributed by atoms with Crippen molar-refractivity contribution in [2.24, 2.45) is 5.92 Å². The Morgan fingerprint density at radius 2 is 1.93 bits per heavy atom. The van der Waals surface area contributed by atoms with Crippen LogP contribution in [0.2, 0.25) is 0 Å². The average molecular weight is 416 g/mol. The first-order valence-corrected chi connectivity index (χ1v) is 9.98. The highest BCUT2D eigenvalue weighted by Gasteiger charge is 2.24. The van der Waals surface area contributed by atoms with E-state index in [1.54, 1.807) is 0 Å². The van der Waals surface area contributed by atoms with Gasteiger partial charge in [0.1, 0.15) is 5.82 Å². The minimum absolute atomic E-state index is 0.179. The average Bonchev–Trinajstić information content (AvgIpc) is 3.36. The van der Waals surface area contributed by atoms with Gasteiger partial charge in [0.05, 0.1) is 10.6 Å². The maximum atomic E-state index is 13.3. The van der Waals surface area contributed by atoms with Gasteiger partial charge in [-0.1, -0.05) is 19.9 Å². The summed E-state index contributed by atoms with van der Waals surface area (Å²) in [7, 11) is 0. The van der Waals surface area contributed by atoms with Crippen molar-refractivity contribution in [1.29, 1.82) is 0 Å². The normalized spacial score (nSPS) is 12.0. The van der Waals surface area contributed by atoms with Crippen LogP contribution in [0.5, 0.6) is 0 Å². The summed E-state index contributed by atoms with van der Waals surface area (Å²) >= 11 is 1.43. The van der Waals surface area contributed by atoms with E-state index in [9.17, 15) is 14.0 Å². The zero-order chi connectivity index (χ0) is 21.0. The minimum Gasteiger partial charge on any atom is -0.447 e. The third-order valence-corrected chi connectivity index (χ3v) is 4.81. The molecule has 9 heteroatoms.